The molecule has 32 heavy (non-hydrogen) atoms. The number of hydrogen-bond acceptors (Lipinski definition) is 3. The van der Waals surface area contributed by atoms with Crippen LogP contribution in [0.1, 0.15) is 33.5 Å². The number of ketones is 1. The fourth-order valence-corrected chi connectivity index (χ4v) is 5.50. The van der Waals surface area contributed by atoms with E-state index in [0.717, 1.165) is 35.4 Å². The van der Waals surface area contributed by atoms with Crippen molar-refractivity contribution in [3.8, 4) is 0 Å². The predicted molar refractivity (Wildman–Crippen MR) is 115 cm³/mol. The van der Waals surface area contributed by atoms with Crippen molar-refractivity contribution in [3.05, 3.63) is 94.3 Å². The van der Waals surface area contributed by atoms with E-state index in [4.69, 9.17) is 0 Å². The molecule has 0 aliphatic carbocycles. The van der Waals surface area contributed by atoms with Gasteiger partial charge in [0.15, 0.2) is 5.78 Å². The molecule has 0 saturated carbocycles. The number of sulfonamides is 1. The second-order valence-corrected chi connectivity index (χ2v) is 9.60. The van der Waals surface area contributed by atoms with E-state index in [9.17, 15) is 26.4 Å². The molecule has 0 radical (unpaired) electrons. The third kappa shape index (κ3) is 4.02. The van der Waals surface area contributed by atoms with E-state index in [1.165, 1.54) is 22.5 Å². The minimum absolute atomic E-state index is 0.0432. The highest BCUT2D eigenvalue weighted by molar-refractivity contribution is 7.92. The number of carbonyl (C=O) groups excluding carboxylic acids is 1. The lowest BCUT2D eigenvalue weighted by molar-refractivity contribution is 0.0984. The molecule has 3 aromatic carbocycles. The molecule has 1 heterocycles. The summed E-state index contributed by atoms with van der Waals surface area (Å²) < 4.78 is 69.1. The molecule has 0 unspecified atom stereocenters. The lowest BCUT2D eigenvalue weighted by Gasteiger charge is -2.31. The summed E-state index contributed by atoms with van der Waals surface area (Å²) in [7, 11) is -3.95. The molecule has 0 spiro atoms. The van der Waals surface area contributed by atoms with Crippen LogP contribution in [0.25, 0.3) is 0 Å². The topological polar surface area (TPSA) is 54.5 Å². The van der Waals surface area contributed by atoms with Crippen molar-refractivity contribution in [1.82, 2.24) is 0 Å². The Labute approximate surface area is 184 Å². The van der Waals surface area contributed by atoms with E-state index in [1.54, 1.807) is 13.0 Å². The maximum Gasteiger partial charge on any atom is 0.264 e. The number of fused-ring (bicyclic) bond motifs is 1. The summed E-state index contributed by atoms with van der Waals surface area (Å²) >= 11 is 0. The van der Waals surface area contributed by atoms with Crippen LogP contribution < -0.4 is 4.31 Å². The van der Waals surface area contributed by atoms with Crippen LogP contribution in [0.15, 0.2) is 59.5 Å². The standard InChI is InChI=1S/C24H20F3NO3S/c1-15-12-16-4-3-11-28(32(30,31)19-9-7-18(25)8-10-19)22(16)13-17(15)14-23(29)24-20(26)5-2-6-21(24)27/h2,5-10,12-13H,3-4,11,14H2,1H3. The van der Waals surface area contributed by atoms with Crippen molar-refractivity contribution < 1.29 is 26.4 Å². The van der Waals surface area contributed by atoms with Gasteiger partial charge in [-0.1, -0.05) is 12.1 Å². The molecule has 0 amide bonds. The van der Waals surface area contributed by atoms with Crippen LogP contribution in [0.5, 0.6) is 0 Å². The van der Waals surface area contributed by atoms with Gasteiger partial charge in [0.2, 0.25) is 0 Å². The van der Waals surface area contributed by atoms with Gasteiger partial charge in [-0.05, 0) is 78.9 Å². The first-order valence-electron chi connectivity index (χ1n) is 10.1. The summed E-state index contributed by atoms with van der Waals surface area (Å²) in [5.74, 6) is -3.15. The summed E-state index contributed by atoms with van der Waals surface area (Å²) in [6, 6.07) is 11.2. The van der Waals surface area contributed by atoms with Crippen LogP contribution >= 0.6 is 0 Å². The normalized spacial score (nSPS) is 13.7. The van der Waals surface area contributed by atoms with Crippen LogP contribution in [0.3, 0.4) is 0 Å². The van der Waals surface area contributed by atoms with E-state index < -0.39 is 38.8 Å². The number of rotatable bonds is 5. The lowest BCUT2D eigenvalue weighted by atomic mass is 9.93. The highest BCUT2D eigenvalue weighted by Crippen LogP contribution is 2.34. The number of halogens is 3. The van der Waals surface area contributed by atoms with Crippen molar-refractivity contribution in [2.45, 2.75) is 31.1 Å². The van der Waals surface area contributed by atoms with Gasteiger partial charge in [-0.25, -0.2) is 21.6 Å². The SMILES string of the molecule is Cc1cc2c(cc1CC(=O)c1c(F)cccc1F)N(S(=O)(=O)c1ccc(F)cc1)CCC2. The Morgan fingerprint density at radius 1 is 1.00 bits per heavy atom. The van der Waals surface area contributed by atoms with Gasteiger partial charge in [0.1, 0.15) is 17.5 Å². The predicted octanol–water partition coefficient (Wildman–Crippen LogP) is 4.98. The molecule has 4 rings (SSSR count). The summed E-state index contributed by atoms with van der Waals surface area (Å²) in [6.45, 7) is 2.00. The first kappa shape index (κ1) is 22.1. The molecule has 0 saturated heterocycles. The maximum atomic E-state index is 14.0. The van der Waals surface area contributed by atoms with Gasteiger partial charge in [0.25, 0.3) is 10.0 Å². The van der Waals surface area contributed by atoms with Gasteiger partial charge in [0.05, 0.1) is 16.1 Å². The zero-order chi connectivity index (χ0) is 23.0. The average Bonchev–Trinajstić information content (AvgIpc) is 2.74. The molecular formula is C24H20F3NO3S. The van der Waals surface area contributed by atoms with E-state index in [-0.39, 0.29) is 17.9 Å². The number of benzene rings is 3. The number of carbonyl (C=O) groups is 1. The Bertz CT molecular complexity index is 1280. The van der Waals surface area contributed by atoms with Crippen molar-refractivity contribution in [2.24, 2.45) is 0 Å². The van der Waals surface area contributed by atoms with Crippen molar-refractivity contribution in [3.63, 3.8) is 0 Å². The minimum Gasteiger partial charge on any atom is -0.294 e. The molecule has 3 aromatic rings. The fraction of sp³-hybridized carbons (Fsp3) is 0.208. The van der Waals surface area contributed by atoms with Crippen LogP contribution in [0.4, 0.5) is 18.9 Å². The second-order valence-electron chi connectivity index (χ2n) is 7.74. The lowest BCUT2D eigenvalue weighted by Crippen LogP contribution is -2.35. The third-order valence-corrected chi connectivity index (χ3v) is 7.43. The quantitative estimate of drug-likeness (QED) is 0.506. The summed E-state index contributed by atoms with van der Waals surface area (Å²) in [6.07, 6.45) is 0.981. The molecule has 0 aromatic heterocycles. The van der Waals surface area contributed by atoms with Gasteiger partial charge in [-0.15, -0.1) is 0 Å². The first-order valence-corrected chi connectivity index (χ1v) is 11.5. The minimum atomic E-state index is -3.95. The second kappa shape index (κ2) is 8.43. The van der Waals surface area contributed by atoms with Gasteiger partial charge < -0.3 is 0 Å². The number of aryl methyl sites for hydroxylation is 2. The largest absolute Gasteiger partial charge is 0.294 e. The maximum absolute atomic E-state index is 14.0. The van der Waals surface area contributed by atoms with Crippen LogP contribution in [-0.2, 0) is 22.9 Å². The monoisotopic (exact) mass is 459 g/mol. The van der Waals surface area contributed by atoms with Crippen molar-refractivity contribution in [2.75, 3.05) is 10.8 Å². The molecule has 8 heteroatoms. The molecular weight excluding hydrogens is 439 g/mol. The molecule has 0 atom stereocenters. The third-order valence-electron chi connectivity index (χ3n) is 5.61. The number of anilines is 1. The molecule has 0 bridgehead atoms. The van der Waals surface area contributed by atoms with Crippen LogP contribution in [0, 0.1) is 24.4 Å². The zero-order valence-electron chi connectivity index (χ0n) is 17.2. The smallest absolute Gasteiger partial charge is 0.264 e. The first-order chi connectivity index (χ1) is 15.2. The molecule has 4 nitrogen and oxygen atoms in total. The van der Waals surface area contributed by atoms with E-state index in [2.05, 4.69) is 0 Å². The molecule has 1 aliphatic rings. The van der Waals surface area contributed by atoms with Gasteiger partial charge in [-0.3, -0.25) is 9.10 Å². The fourth-order valence-electron chi connectivity index (χ4n) is 3.97. The summed E-state index contributed by atoms with van der Waals surface area (Å²) in [4.78, 5) is 12.6. The number of Topliss-reactive ketones (excluding diaryl/α,β-unsaturated/α-hetero) is 1. The van der Waals surface area contributed by atoms with E-state index in [0.29, 0.717) is 24.1 Å². The molecule has 1 aliphatic heterocycles. The summed E-state index contributed by atoms with van der Waals surface area (Å²) in [5.41, 5.74) is 1.82. The highest BCUT2D eigenvalue weighted by Gasteiger charge is 2.30. The van der Waals surface area contributed by atoms with Gasteiger partial charge in [-0.2, -0.15) is 0 Å². The Morgan fingerprint density at radius 2 is 1.66 bits per heavy atom. The Morgan fingerprint density at radius 3 is 2.31 bits per heavy atom. The number of nitrogens with zero attached hydrogens (tertiary/aromatic N) is 1. The van der Waals surface area contributed by atoms with Gasteiger partial charge in [0, 0.05) is 13.0 Å². The van der Waals surface area contributed by atoms with Crippen molar-refractivity contribution in [1.29, 1.82) is 0 Å². The van der Waals surface area contributed by atoms with Crippen molar-refractivity contribution >= 4 is 21.5 Å². The van der Waals surface area contributed by atoms with Crippen LogP contribution in [-0.4, -0.2) is 20.7 Å². The number of hydrogen-bond donors (Lipinski definition) is 0. The average molecular weight is 459 g/mol. The Balaban J connectivity index is 1.73. The van der Waals surface area contributed by atoms with E-state index >= 15 is 0 Å². The molecule has 166 valence electrons. The highest BCUT2D eigenvalue weighted by atomic mass is 32.2. The summed E-state index contributed by atoms with van der Waals surface area (Å²) in [5, 5.41) is 0. The Hall–Kier alpha value is -3.13. The van der Waals surface area contributed by atoms with Crippen LogP contribution in [0.2, 0.25) is 0 Å². The molecule has 0 fully saturated rings. The molecule has 0 N–H and O–H groups in total. The van der Waals surface area contributed by atoms with Gasteiger partial charge >= 0.3 is 0 Å². The van der Waals surface area contributed by atoms with E-state index in [1.807, 2.05) is 6.07 Å². The Kier molecular flexibility index (Phi) is 5.81. The zero-order valence-corrected chi connectivity index (χ0v) is 18.1.